The number of hydrogen-bond acceptors (Lipinski definition) is 5. The van der Waals surface area contributed by atoms with Crippen LogP contribution in [0.2, 0.25) is 0 Å². The van der Waals surface area contributed by atoms with Crippen molar-refractivity contribution in [2.75, 3.05) is 18.5 Å². The van der Waals surface area contributed by atoms with Gasteiger partial charge in [0, 0.05) is 6.54 Å². The normalized spacial score (nSPS) is 11.2. The Hall–Kier alpha value is -1.90. The molecule has 3 N–H and O–H groups in total. The molecule has 18 heavy (non-hydrogen) atoms. The average Bonchev–Trinajstić information content (AvgIpc) is 2.34. The molecule has 1 aromatic heterocycles. The first-order valence-corrected chi connectivity index (χ1v) is 5.03. The molecule has 0 saturated heterocycles. The molecular formula is C9H12F3N5O. The van der Waals surface area contributed by atoms with Crippen molar-refractivity contribution in [2.24, 2.45) is 5.84 Å². The topological polar surface area (TPSA) is 84.1 Å². The third-order valence-electron chi connectivity index (χ3n) is 2.07. The minimum atomic E-state index is -4.45. The van der Waals surface area contributed by atoms with Gasteiger partial charge in [0.15, 0.2) is 11.5 Å². The molecule has 6 nitrogen and oxygen atoms in total. The number of nitrogens with two attached hydrogens (primary N) is 1. The van der Waals surface area contributed by atoms with Crippen molar-refractivity contribution >= 4 is 11.7 Å². The van der Waals surface area contributed by atoms with Gasteiger partial charge in [0.25, 0.3) is 5.91 Å². The van der Waals surface area contributed by atoms with Gasteiger partial charge in [-0.3, -0.25) is 4.79 Å². The minimum Gasteiger partial charge on any atom is -0.328 e. The van der Waals surface area contributed by atoms with Crippen LogP contribution in [0.25, 0.3) is 0 Å². The van der Waals surface area contributed by atoms with E-state index in [4.69, 9.17) is 5.84 Å². The molecule has 0 aliphatic carbocycles. The number of hydrazine groups is 1. The number of alkyl halides is 3. The summed E-state index contributed by atoms with van der Waals surface area (Å²) in [7, 11) is 0. The number of halogens is 3. The number of hydrogen-bond donors (Lipinski definition) is 2. The molecule has 0 aliphatic rings. The highest BCUT2D eigenvalue weighted by atomic mass is 19.4. The van der Waals surface area contributed by atoms with E-state index in [9.17, 15) is 18.0 Å². The molecule has 1 heterocycles. The second kappa shape index (κ2) is 5.63. The summed E-state index contributed by atoms with van der Waals surface area (Å²) in [6, 6.07) is 2.60. The summed E-state index contributed by atoms with van der Waals surface area (Å²) in [5, 5.41) is 7.01. The van der Waals surface area contributed by atoms with Gasteiger partial charge in [-0.1, -0.05) is 0 Å². The molecular weight excluding hydrogens is 251 g/mol. The fourth-order valence-corrected chi connectivity index (χ4v) is 1.23. The van der Waals surface area contributed by atoms with Gasteiger partial charge in [-0.15, -0.1) is 10.2 Å². The fraction of sp³-hybridized carbons (Fsp3) is 0.444. The molecule has 0 radical (unpaired) electrons. The van der Waals surface area contributed by atoms with Gasteiger partial charge in [-0.2, -0.15) is 13.2 Å². The van der Waals surface area contributed by atoms with E-state index in [1.54, 1.807) is 0 Å². The number of rotatable bonds is 4. The number of aromatic nitrogens is 2. The molecule has 0 saturated carbocycles. The van der Waals surface area contributed by atoms with E-state index in [1.165, 1.54) is 19.1 Å². The number of carbonyl (C=O) groups is 1. The van der Waals surface area contributed by atoms with E-state index >= 15 is 0 Å². The predicted molar refractivity (Wildman–Crippen MR) is 57.5 cm³/mol. The maximum Gasteiger partial charge on any atom is 0.406 e. The van der Waals surface area contributed by atoms with Crippen molar-refractivity contribution < 1.29 is 18.0 Å². The molecule has 0 aliphatic heterocycles. The van der Waals surface area contributed by atoms with Crippen LogP contribution in [0.15, 0.2) is 12.1 Å². The molecule has 0 fully saturated rings. The van der Waals surface area contributed by atoms with Gasteiger partial charge in [-0.05, 0) is 19.1 Å². The second-order valence-electron chi connectivity index (χ2n) is 3.38. The quantitative estimate of drug-likeness (QED) is 0.619. The number of anilines is 1. The highest BCUT2D eigenvalue weighted by Gasteiger charge is 2.33. The first-order valence-electron chi connectivity index (χ1n) is 5.03. The SMILES string of the molecule is CCN(CC(F)(F)F)C(=O)c1ccc(NN)nn1. The molecule has 9 heteroatoms. The monoisotopic (exact) mass is 263 g/mol. The van der Waals surface area contributed by atoms with Crippen LogP contribution in [0.4, 0.5) is 19.0 Å². The van der Waals surface area contributed by atoms with E-state index < -0.39 is 18.6 Å². The molecule has 100 valence electrons. The number of nitrogen functional groups attached to an aromatic ring is 1. The molecule has 1 amide bonds. The first-order chi connectivity index (χ1) is 8.37. The predicted octanol–water partition coefficient (Wildman–Crippen LogP) is 0.787. The summed E-state index contributed by atoms with van der Waals surface area (Å²) >= 11 is 0. The van der Waals surface area contributed by atoms with E-state index in [2.05, 4.69) is 15.6 Å². The summed E-state index contributed by atoms with van der Waals surface area (Å²) in [4.78, 5) is 12.4. The van der Waals surface area contributed by atoms with Gasteiger partial charge in [0.05, 0.1) is 0 Å². The third-order valence-corrected chi connectivity index (χ3v) is 2.07. The van der Waals surface area contributed by atoms with Crippen LogP contribution in [0, 0.1) is 0 Å². The molecule has 0 bridgehead atoms. The van der Waals surface area contributed by atoms with Crippen LogP contribution in [0.3, 0.4) is 0 Å². The van der Waals surface area contributed by atoms with Crippen LogP contribution in [0.5, 0.6) is 0 Å². The Balaban J connectivity index is 2.82. The molecule has 0 spiro atoms. The lowest BCUT2D eigenvalue weighted by molar-refractivity contribution is -0.140. The summed E-state index contributed by atoms with van der Waals surface area (Å²) in [6.07, 6.45) is -4.45. The Morgan fingerprint density at radius 1 is 1.44 bits per heavy atom. The van der Waals surface area contributed by atoms with E-state index in [0.717, 1.165) is 0 Å². The summed E-state index contributed by atoms with van der Waals surface area (Å²) in [6.45, 7) is 0.0602. The zero-order chi connectivity index (χ0) is 13.8. The molecule has 0 atom stereocenters. The summed E-state index contributed by atoms with van der Waals surface area (Å²) in [5.74, 6) is 4.43. The molecule has 0 aromatic carbocycles. The maximum atomic E-state index is 12.2. The van der Waals surface area contributed by atoms with Crippen molar-refractivity contribution in [1.29, 1.82) is 0 Å². The summed E-state index contributed by atoms with van der Waals surface area (Å²) in [5.41, 5.74) is 2.03. The maximum absolute atomic E-state index is 12.2. The van der Waals surface area contributed by atoms with Crippen LogP contribution in [-0.4, -0.2) is 40.3 Å². The zero-order valence-corrected chi connectivity index (χ0v) is 9.53. The van der Waals surface area contributed by atoms with Crippen LogP contribution < -0.4 is 11.3 Å². The Kier molecular flexibility index (Phi) is 4.43. The minimum absolute atomic E-state index is 0.0725. The van der Waals surface area contributed by atoms with Crippen molar-refractivity contribution in [3.63, 3.8) is 0 Å². The second-order valence-corrected chi connectivity index (χ2v) is 3.38. The standard InChI is InChI=1S/C9H12F3N5O/c1-2-17(5-9(10,11)12)8(18)6-3-4-7(14-13)16-15-6/h3-4H,2,5,13H2,1H3,(H,14,16). The Bertz CT molecular complexity index is 406. The first kappa shape index (κ1) is 14.2. The van der Waals surface area contributed by atoms with Gasteiger partial charge in [-0.25, -0.2) is 5.84 Å². The van der Waals surface area contributed by atoms with Crippen LogP contribution >= 0.6 is 0 Å². The molecule has 0 unspecified atom stereocenters. The lowest BCUT2D eigenvalue weighted by Crippen LogP contribution is -2.39. The Labute approximate surface area is 101 Å². The fourth-order valence-electron chi connectivity index (χ4n) is 1.23. The highest BCUT2D eigenvalue weighted by Crippen LogP contribution is 2.17. The largest absolute Gasteiger partial charge is 0.406 e. The smallest absolute Gasteiger partial charge is 0.328 e. The number of nitrogens with one attached hydrogen (secondary N) is 1. The Morgan fingerprint density at radius 2 is 2.11 bits per heavy atom. The molecule has 1 rings (SSSR count). The number of carbonyl (C=O) groups excluding carboxylic acids is 1. The van der Waals surface area contributed by atoms with Gasteiger partial charge < -0.3 is 10.3 Å². The third kappa shape index (κ3) is 3.84. The van der Waals surface area contributed by atoms with Gasteiger partial charge >= 0.3 is 6.18 Å². The van der Waals surface area contributed by atoms with Crippen molar-refractivity contribution in [3.05, 3.63) is 17.8 Å². The van der Waals surface area contributed by atoms with Crippen molar-refractivity contribution in [1.82, 2.24) is 15.1 Å². The average molecular weight is 263 g/mol. The number of amides is 1. The lowest BCUT2D eigenvalue weighted by Gasteiger charge is -2.21. The summed E-state index contributed by atoms with van der Waals surface area (Å²) < 4.78 is 36.7. The van der Waals surface area contributed by atoms with Crippen LogP contribution in [-0.2, 0) is 0 Å². The zero-order valence-electron chi connectivity index (χ0n) is 9.53. The number of nitrogens with zero attached hydrogens (tertiary/aromatic N) is 3. The highest BCUT2D eigenvalue weighted by molar-refractivity contribution is 5.92. The van der Waals surface area contributed by atoms with E-state index in [-0.39, 0.29) is 18.1 Å². The Morgan fingerprint density at radius 3 is 2.50 bits per heavy atom. The van der Waals surface area contributed by atoms with Crippen molar-refractivity contribution in [3.8, 4) is 0 Å². The van der Waals surface area contributed by atoms with Crippen LogP contribution in [0.1, 0.15) is 17.4 Å². The van der Waals surface area contributed by atoms with Gasteiger partial charge in [0.1, 0.15) is 6.54 Å². The van der Waals surface area contributed by atoms with Crippen molar-refractivity contribution in [2.45, 2.75) is 13.1 Å². The van der Waals surface area contributed by atoms with E-state index in [1.807, 2.05) is 0 Å². The van der Waals surface area contributed by atoms with Gasteiger partial charge in [0.2, 0.25) is 0 Å². The van der Waals surface area contributed by atoms with E-state index in [0.29, 0.717) is 4.90 Å². The lowest BCUT2D eigenvalue weighted by atomic mass is 10.3. The molecule has 1 aromatic rings.